The molecule has 2 nitrogen and oxygen atoms in total. The summed E-state index contributed by atoms with van der Waals surface area (Å²) < 4.78 is 0. The molecule has 0 saturated heterocycles. The summed E-state index contributed by atoms with van der Waals surface area (Å²) in [4.78, 5) is 4.96. The van der Waals surface area contributed by atoms with Gasteiger partial charge < -0.3 is 10.6 Å². The van der Waals surface area contributed by atoms with Gasteiger partial charge in [0.25, 0.3) is 0 Å². The summed E-state index contributed by atoms with van der Waals surface area (Å²) in [6.45, 7) is 4.97. The Morgan fingerprint density at radius 1 is 1.42 bits per heavy atom. The molecule has 2 N–H and O–H groups in total. The maximum atomic E-state index is 5.52. The Kier molecular flexibility index (Phi) is 3.72. The summed E-state index contributed by atoms with van der Waals surface area (Å²) in [6.07, 6.45) is 0. The van der Waals surface area contributed by atoms with Gasteiger partial charge >= 0.3 is 0 Å². The van der Waals surface area contributed by atoms with Gasteiger partial charge in [0.15, 0.2) is 0 Å². The van der Waals surface area contributed by atoms with E-state index >= 15 is 0 Å². The molecule has 0 bridgehead atoms. The van der Waals surface area contributed by atoms with Crippen LogP contribution in [-0.4, -0.2) is 18.5 Å². The van der Waals surface area contributed by atoms with E-state index < -0.39 is 0 Å². The molecule has 1 aromatic rings. The Hall–Kier alpha value is -0.380. The molecule has 0 saturated carbocycles. The van der Waals surface area contributed by atoms with E-state index in [1.807, 2.05) is 11.3 Å². The van der Waals surface area contributed by atoms with Crippen LogP contribution in [-0.2, 0) is 13.1 Å². The molecular formula is C9H16N2S. The van der Waals surface area contributed by atoms with Crippen LogP contribution < -0.4 is 5.73 Å². The van der Waals surface area contributed by atoms with Gasteiger partial charge in [0.05, 0.1) is 0 Å². The summed E-state index contributed by atoms with van der Waals surface area (Å²) in [6, 6.07) is 4.28. The maximum Gasteiger partial charge on any atom is 0.0324 e. The van der Waals surface area contributed by atoms with Crippen LogP contribution in [0.2, 0.25) is 0 Å². The van der Waals surface area contributed by atoms with Crippen molar-refractivity contribution in [2.24, 2.45) is 5.73 Å². The van der Waals surface area contributed by atoms with Gasteiger partial charge in [-0.3, -0.25) is 0 Å². The monoisotopic (exact) mass is 184 g/mol. The molecule has 1 aromatic heterocycles. The van der Waals surface area contributed by atoms with Crippen LogP contribution in [0, 0.1) is 0 Å². The quantitative estimate of drug-likeness (QED) is 0.771. The van der Waals surface area contributed by atoms with Gasteiger partial charge in [0, 0.05) is 22.8 Å². The van der Waals surface area contributed by atoms with E-state index in [2.05, 4.69) is 31.0 Å². The molecule has 12 heavy (non-hydrogen) atoms. The Balaban J connectivity index is 2.52. The standard InChI is InChI=1S/C9H16N2S/c1-3-11(2)7-9-5-4-8(6-10)12-9/h4-5H,3,6-7,10H2,1-2H3. The molecule has 3 heteroatoms. The fraction of sp³-hybridized carbons (Fsp3) is 0.556. The lowest BCUT2D eigenvalue weighted by atomic mass is 10.4. The zero-order chi connectivity index (χ0) is 8.97. The van der Waals surface area contributed by atoms with E-state index in [-0.39, 0.29) is 0 Å². The molecular weight excluding hydrogens is 168 g/mol. The van der Waals surface area contributed by atoms with Gasteiger partial charge in [0.1, 0.15) is 0 Å². The molecule has 0 unspecified atom stereocenters. The Bertz CT molecular complexity index is 232. The summed E-state index contributed by atoms with van der Waals surface area (Å²) in [5, 5.41) is 0. The highest BCUT2D eigenvalue weighted by molar-refractivity contribution is 7.11. The molecule has 0 fully saturated rings. The van der Waals surface area contributed by atoms with Crippen molar-refractivity contribution in [1.29, 1.82) is 0 Å². The molecule has 0 aliphatic rings. The first kappa shape index (κ1) is 9.71. The van der Waals surface area contributed by atoms with Gasteiger partial charge in [0.2, 0.25) is 0 Å². The molecule has 0 aromatic carbocycles. The molecule has 0 atom stereocenters. The summed E-state index contributed by atoms with van der Waals surface area (Å²) in [7, 11) is 2.13. The first-order chi connectivity index (χ1) is 5.76. The summed E-state index contributed by atoms with van der Waals surface area (Å²) in [5.74, 6) is 0. The molecule has 68 valence electrons. The average Bonchev–Trinajstić information content (AvgIpc) is 2.52. The van der Waals surface area contributed by atoms with E-state index in [1.165, 1.54) is 9.75 Å². The van der Waals surface area contributed by atoms with Crippen molar-refractivity contribution in [3.8, 4) is 0 Å². The fourth-order valence-electron chi connectivity index (χ4n) is 0.995. The lowest BCUT2D eigenvalue weighted by Gasteiger charge is -2.11. The number of rotatable bonds is 4. The highest BCUT2D eigenvalue weighted by atomic mass is 32.1. The van der Waals surface area contributed by atoms with Crippen molar-refractivity contribution < 1.29 is 0 Å². The SMILES string of the molecule is CCN(C)Cc1ccc(CN)s1. The molecule has 0 aliphatic heterocycles. The largest absolute Gasteiger partial charge is 0.326 e. The fourth-order valence-corrected chi connectivity index (χ4v) is 1.97. The number of nitrogens with two attached hydrogens (primary N) is 1. The van der Waals surface area contributed by atoms with E-state index in [9.17, 15) is 0 Å². The average molecular weight is 184 g/mol. The second kappa shape index (κ2) is 4.60. The highest BCUT2D eigenvalue weighted by Crippen LogP contribution is 2.16. The van der Waals surface area contributed by atoms with Crippen molar-refractivity contribution in [3.63, 3.8) is 0 Å². The number of thiophene rings is 1. The van der Waals surface area contributed by atoms with Crippen LogP contribution >= 0.6 is 11.3 Å². The minimum absolute atomic E-state index is 0.667. The van der Waals surface area contributed by atoms with Crippen LogP contribution in [0.15, 0.2) is 12.1 Å². The third-order valence-corrected chi connectivity index (χ3v) is 2.98. The van der Waals surface area contributed by atoms with Gasteiger partial charge in [-0.25, -0.2) is 0 Å². The van der Waals surface area contributed by atoms with E-state index in [0.29, 0.717) is 6.54 Å². The third-order valence-electron chi connectivity index (χ3n) is 1.88. The first-order valence-electron chi connectivity index (χ1n) is 4.22. The van der Waals surface area contributed by atoms with E-state index in [1.54, 1.807) is 0 Å². The van der Waals surface area contributed by atoms with Crippen molar-refractivity contribution in [1.82, 2.24) is 4.90 Å². The van der Waals surface area contributed by atoms with Crippen LogP contribution in [0.1, 0.15) is 16.7 Å². The van der Waals surface area contributed by atoms with Gasteiger partial charge in [-0.2, -0.15) is 0 Å². The Morgan fingerprint density at radius 2 is 2.08 bits per heavy atom. The molecule has 0 aliphatic carbocycles. The maximum absolute atomic E-state index is 5.52. The minimum atomic E-state index is 0.667. The van der Waals surface area contributed by atoms with Crippen LogP contribution in [0.4, 0.5) is 0 Å². The number of hydrogen-bond acceptors (Lipinski definition) is 3. The number of hydrogen-bond donors (Lipinski definition) is 1. The summed E-state index contributed by atoms with van der Waals surface area (Å²) in [5.41, 5.74) is 5.52. The van der Waals surface area contributed by atoms with Crippen molar-refractivity contribution in [2.75, 3.05) is 13.6 Å². The predicted octanol–water partition coefficient (Wildman–Crippen LogP) is 1.66. The first-order valence-corrected chi connectivity index (χ1v) is 5.04. The van der Waals surface area contributed by atoms with Crippen molar-refractivity contribution in [2.45, 2.75) is 20.0 Å². The number of nitrogens with zero attached hydrogens (tertiary/aromatic N) is 1. The predicted molar refractivity (Wildman–Crippen MR) is 54.2 cm³/mol. The molecule has 0 amide bonds. The normalized spacial score (nSPS) is 11.0. The second-order valence-corrected chi connectivity index (χ2v) is 4.16. The smallest absolute Gasteiger partial charge is 0.0324 e. The molecule has 1 heterocycles. The zero-order valence-corrected chi connectivity index (χ0v) is 8.53. The molecule has 0 radical (unpaired) electrons. The van der Waals surface area contributed by atoms with Crippen LogP contribution in [0.3, 0.4) is 0 Å². The van der Waals surface area contributed by atoms with E-state index in [0.717, 1.165) is 13.1 Å². The van der Waals surface area contributed by atoms with Crippen LogP contribution in [0.25, 0.3) is 0 Å². The zero-order valence-electron chi connectivity index (χ0n) is 7.71. The van der Waals surface area contributed by atoms with Gasteiger partial charge in [-0.1, -0.05) is 6.92 Å². The Morgan fingerprint density at radius 3 is 2.58 bits per heavy atom. The lowest BCUT2D eigenvalue weighted by molar-refractivity contribution is 0.349. The van der Waals surface area contributed by atoms with Crippen molar-refractivity contribution >= 4 is 11.3 Å². The van der Waals surface area contributed by atoms with Crippen molar-refractivity contribution in [3.05, 3.63) is 21.9 Å². The summed E-state index contributed by atoms with van der Waals surface area (Å²) >= 11 is 1.81. The second-order valence-electron chi connectivity index (χ2n) is 2.90. The van der Waals surface area contributed by atoms with Gasteiger partial charge in [-0.05, 0) is 25.7 Å². The topological polar surface area (TPSA) is 29.3 Å². The molecule has 1 rings (SSSR count). The van der Waals surface area contributed by atoms with Crippen LogP contribution in [0.5, 0.6) is 0 Å². The minimum Gasteiger partial charge on any atom is -0.326 e. The molecule has 0 spiro atoms. The highest BCUT2D eigenvalue weighted by Gasteiger charge is 2.00. The lowest BCUT2D eigenvalue weighted by Crippen LogP contribution is -2.15. The van der Waals surface area contributed by atoms with Gasteiger partial charge in [-0.15, -0.1) is 11.3 Å². The third kappa shape index (κ3) is 2.59. The van der Waals surface area contributed by atoms with E-state index in [4.69, 9.17) is 5.73 Å². The Labute approximate surface area is 78.0 Å².